The first-order chi connectivity index (χ1) is 11.5. The van der Waals surface area contributed by atoms with E-state index in [1.165, 1.54) is 7.11 Å². The van der Waals surface area contributed by atoms with E-state index in [1.807, 2.05) is 13.8 Å². The summed E-state index contributed by atoms with van der Waals surface area (Å²) in [5.41, 5.74) is 0.593. The monoisotopic (exact) mass is 336 g/mol. The van der Waals surface area contributed by atoms with Crippen LogP contribution in [0.5, 0.6) is 11.5 Å². The molecular formula is C17H24N2O5. The van der Waals surface area contributed by atoms with Crippen molar-refractivity contribution >= 4 is 17.7 Å². The van der Waals surface area contributed by atoms with Crippen molar-refractivity contribution in [2.45, 2.75) is 20.3 Å². The van der Waals surface area contributed by atoms with Gasteiger partial charge in [0.1, 0.15) is 13.2 Å². The van der Waals surface area contributed by atoms with Crippen molar-refractivity contribution in [2.75, 3.05) is 32.2 Å². The zero-order chi connectivity index (χ0) is 17.5. The zero-order valence-corrected chi connectivity index (χ0v) is 14.3. The Balaban J connectivity index is 1.89. The molecule has 24 heavy (non-hydrogen) atoms. The predicted octanol–water partition coefficient (Wildman–Crippen LogP) is 2.41. The molecule has 132 valence electrons. The van der Waals surface area contributed by atoms with Gasteiger partial charge in [-0.05, 0) is 24.5 Å². The highest BCUT2D eigenvalue weighted by atomic mass is 16.6. The van der Waals surface area contributed by atoms with Crippen LogP contribution in [0.3, 0.4) is 0 Å². The van der Waals surface area contributed by atoms with E-state index in [2.05, 4.69) is 10.6 Å². The Labute approximate surface area is 141 Å². The molecule has 1 aliphatic rings. The molecule has 7 nitrogen and oxygen atoms in total. The molecule has 0 saturated heterocycles. The highest BCUT2D eigenvalue weighted by Gasteiger charge is 2.21. The summed E-state index contributed by atoms with van der Waals surface area (Å²) in [4.78, 5) is 23.8. The van der Waals surface area contributed by atoms with Gasteiger partial charge in [0.15, 0.2) is 11.5 Å². The van der Waals surface area contributed by atoms with Crippen LogP contribution in [0.4, 0.5) is 10.5 Å². The van der Waals surface area contributed by atoms with E-state index in [-0.39, 0.29) is 24.5 Å². The number of hydrogen-bond donors (Lipinski definition) is 2. The molecule has 0 fully saturated rings. The van der Waals surface area contributed by atoms with Gasteiger partial charge in [-0.15, -0.1) is 0 Å². The Morgan fingerprint density at radius 2 is 1.92 bits per heavy atom. The topological polar surface area (TPSA) is 85.9 Å². The number of nitrogens with one attached hydrogen (secondary N) is 2. The lowest BCUT2D eigenvalue weighted by Gasteiger charge is -2.19. The van der Waals surface area contributed by atoms with Crippen molar-refractivity contribution in [3.05, 3.63) is 18.2 Å². The first-order valence-electron chi connectivity index (χ1n) is 8.02. The Kier molecular flexibility index (Phi) is 6.28. The third-order valence-corrected chi connectivity index (χ3v) is 3.60. The lowest BCUT2D eigenvalue weighted by atomic mass is 9.97. The largest absolute Gasteiger partial charge is 0.486 e. The van der Waals surface area contributed by atoms with Crippen LogP contribution in [-0.2, 0) is 9.53 Å². The third kappa shape index (κ3) is 5.04. The standard InChI is InChI=1S/C17H24N2O5/c1-11(2)8-12(16(20)22-3)10-18-17(21)19-13-4-5-14-15(9-13)24-7-6-23-14/h4-5,9,11-12H,6-8,10H2,1-3H3,(H2,18,19,21). The van der Waals surface area contributed by atoms with Crippen LogP contribution in [0, 0.1) is 11.8 Å². The average Bonchev–Trinajstić information content (AvgIpc) is 2.57. The predicted molar refractivity (Wildman–Crippen MR) is 89.4 cm³/mol. The molecule has 0 radical (unpaired) electrons. The molecule has 7 heteroatoms. The van der Waals surface area contributed by atoms with Gasteiger partial charge in [-0.2, -0.15) is 0 Å². The Hall–Kier alpha value is -2.44. The number of carbonyl (C=O) groups excluding carboxylic acids is 2. The fraction of sp³-hybridized carbons (Fsp3) is 0.529. The Morgan fingerprint density at radius 3 is 2.58 bits per heavy atom. The smallest absolute Gasteiger partial charge is 0.319 e. The summed E-state index contributed by atoms with van der Waals surface area (Å²) in [5, 5.41) is 5.43. The van der Waals surface area contributed by atoms with Gasteiger partial charge in [-0.1, -0.05) is 13.8 Å². The third-order valence-electron chi connectivity index (χ3n) is 3.60. The van der Waals surface area contributed by atoms with Crippen molar-refractivity contribution in [3.8, 4) is 11.5 Å². The van der Waals surface area contributed by atoms with E-state index < -0.39 is 0 Å². The van der Waals surface area contributed by atoms with Crippen molar-refractivity contribution in [2.24, 2.45) is 11.8 Å². The second kappa shape index (κ2) is 8.42. The van der Waals surface area contributed by atoms with Crippen molar-refractivity contribution in [1.29, 1.82) is 0 Å². The van der Waals surface area contributed by atoms with Crippen LogP contribution < -0.4 is 20.1 Å². The molecular weight excluding hydrogens is 312 g/mol. The van der Waals surface area contributed by atoms with E-state index in [1.54, 1.807) is 18.2 Å². The molecule has 0 aromatic heterocycles. The average molecular weight is 336 g/mol. The summed E-state index contributed by atoms with van der Waals surface area (Å²) in [7, 11) is 1.35. The summed E-state index contributed by atoms with van der Waals surface area (Å²) >= 11 is 0. The minimum absolute atomic E-state index is 0.223. The van der Waals surface area contributed by atoms with Gasteiger partial charge in [0.25, 0.3) is 0 Å². The number of fused-ring (bicyclic) bond motifs is 1. The minimum atomic E-state index is -0.385. The molecule has 1 aliphatic heterocycles. The highest BCUT2D eigenvalue weighted by Crippen LogP contribution is 2.32. The van der Waals surface area contributed by atoms with Crippen LogP contribution in [0.15, 0.2) is 18.2 Å². The molecule has 1 aromatic rings. The van der Waals surface area contributed by atoms with Gasteiger partial charge >= 0.3 is 12.0 Å². The van der Waals surface area contributed by atoms with Crippen molar-refractivity contribution < 1.29 is 23.8 Å². The van der Waals surface area contributed by atoms with Crippen LogP contribution in [0.25, 0.3) is 0 Å². The Bertz CT molecular complexity index is 588. The van der Waals surface area contributed by atoms with Gasteiger partial charge < -0.3 is 24.8 Å². The molecule has 0 aliphatic carbocycles. The number of methoxy groups -OCH3 is 1. The molecule has 1 unspecified atom stereocenters. The summed E-state index contributed by atoms with van der Waals surface area (Å²) in [6.07, 6.45) is 0.650. The maximum atomic E-state index is 12.0. The number of ether oxygens (including phenoxy) is 3. The molecule has 2 rings (SSSR count). The molecule has 0 saturated carbocycles. The number of carbonyl (C=O) groups is 2. The summed E-state index contributed by atoms with van der Waals surface area (Å²) in [6, 6.07) is 4.81. The minimum Gasteiger partial charge on any atom is -0.486 e. The number of amides is 2. The van der Waals surface area contributed by atoms with E-state index in [9.17, 15) is 9.59 Å². The summed E-state index contributed by atoms with van der Waals surface area (Å²) in [6.45, 7) is 5.27. The summed E-state index contributed by atoms with van der Waals surface area (Å²) < 4.78 is 15.7. The SMILES string of the molecule is COC(=O)C(CNC(=O)Nc1ccc2c(c1)OCCO2)CC(C)C. The fourth-order valence-electron chi connectivity index (χ4n) is 2.51. The van der Waals surface area contributed by atoms with Gasteiger partial charge in [-0.25, -0.2) is 4.79 Å². The molecule has 1 aromatic carbocycles. The molecule has 0 spiro atoms. The molecule has 1 atom stereocenters. The number of esters is 1. The highest BCUT2D eigenvalue weighted by molar-refractivity contribution is 5.90. The number of rotatable bonds is 6. The number of hydrogen-bond acceptors (Lipinski definition) is 5. The lowest BCUT2D eigenvalue weighted by Crippen LogP contribution is -2.36. The zero-order valence-electron chi connectivity index (χ0n) is 14.3. The Morgan fingerprint density at radius 1 is 1.21 bits per heavy atom. The second-order valence-electron chi connectivity index (χ2n) is 6.04. The first kappa shape index (κ1) is 17.9. The fourth-order valence-corrected chi connectivity index (χ4v) is 2.51. The van der Waals surface area contributed by atoms with Crippen molar-refractivity contribution in [3.63, 3.8) is 0 Å². The van der Waals surface area contributed by atoms with E-state index in [4.69, 9.17) is 14.2 Å². The first-order valence-corrected chi connectivity index (χ1v) is 8.02. The van der Waals surface area contributed by atoms with Crippen molar-refractivity contribution in [1.82, 2.24) is 5.32 Å². The number of urea groups is 1. The summed E-state index contributed by atoms with van der Waals surface area (Å²) in [5.74, 6) is 0.919. The molecule has 2 amide bonds. The quantitative estimate of drug-likeness (QED) is 0.779. The van der Waals surface area contributed by atoms with Crippen LogP contribution in [0.2, 0.25) is 0 Å². The van der Waals surface area contributed by atoms with Crippen LogP contribution in [-0.4, -0.2) is 38.9 Å². The van der Waals surface area contributed by atoms with Gasteiger partial charge in [0, 0.05) is 18.3 Å². The van der Waals surface area contributed by atoms with Gasteiger partial charge in [0.2, 0.25) is 0 Å². The number of anilines is 1. The van der Waals surface area contributed by atoms with Gasteiger partial charge in [-0.3, -0.25) is 4.79 Å². The molecule has 0 bridgehead atoms. The van der Waals surface area contributed by atoms with E-state index >= 15 is 0 Å². The van der Waals surface area contributed by atoms with Crippen LogP contribution in [0.1, 0.15) is 20.3 Å². The number of benzene rings is 1. The lowest BCUT2D eigenvalue weighted by molar-refractivity contribution is -0.145. The van der Waals surface area contributed by atoms with Gasteiger partial charge in [0.05, 0.1) is 13.0 Å². The normalized spacial score (nSPS) is 14.0. The van der Waals surface area contributed by atoms with E-state index in [0.717, 1.165) is 0 Å². The van der Waals surface area contributed by atoms with Crippen LogP contribution >= 0.6 is 0 Å². The second-order valence-corrected chi connectivity index (χ2v) is 6.04. The van der Waals surface area contributed by atoms with E-state index in [0.29, 0.717) is 42.7 Å². The maximum Gasteiger partial charge on any atom is 0.319 e. The molecule has 2 N–H and O–H groups in total. The molecule has 1 heterocycles. The maximum absolute atomic E-state index is 12.0.